The average Bonchev–Trinajstić information content (AvgIpc) is 2.59. The molecule has 1 rings (SSSR count). The first kappa shape index (κ1) is 20.0. The Bertz CT molecular complexity index is 535. The maximum atomic E-state index is 10.5. The number of rotatable bonds is 13. The van der Waals surface area contributed by atoms with Crippen LogP contribution in [0.2, 0.25) is 0 Å². The minimum absolute atomic E-state index is 0.553. The Labute approximate surface area is 145 Å². The van der Waals surface area contributed by atoms with Crippen molar-refractivity contribution in [2.45, 2.75) is 77.6 Å². The van der Waals surface area contributed by atoms with Crippen molar-refractivity contribution in [1.82, 2.24) is 0 Å². The maximum absolute atomic E-state index is 10.5. The van der Waals surface area contributed by atoms with Crippen LogP contribution >= 0.6 is 0 Å². The molecule has 1 aromatic carbocycles. The van der Waals surface area contributed by atoms with Gasteiger partial charge in [0, 0.05) is 5.56 Å². The van der Waals surface area contributed by atoms with Crippen LogP contribution in [0.25, 0.3) is 0 Å². The van der Waals surface area contributed by atoms with Crippen LogP contribution in [0.4, 0.5) is 11.4 Å². The van der Waals surface area contributed by atoms with Crippen LogP contribution in [0.5, 0.6) is 0 Å². The predicted molar refractivity (Wildman–Crippen MR) is 97.6 cm³/mol. The van der Waals surface area contributed by atoms with E-state index in [0.29, 0.717) is 11.4 Å². The standard InChI is InChI=1S/C20H28N2O2/c1-2-3-4-5-6-7-8-9-10-11-13-18-19(21-16-23)14-12-15-20(18)22-17-24/h12,14-15H,2-11,13H2,1H3. The summed E-state index contributed by atoms with van der Waals surface area (Å²) in [5, 5.41) is 0. The molecular formula is C20H28N2O2. The third-order valence-corrected chi connectivity index (χ3v) is 4.24. The first-order chi connectivity index (χ1) is 11.8. The van der Waals surface area contributed by atoms with Gasteiger partial charge < -0.3 is 0 Å². The van der Waals surface area contributed by atoms with Gasteiger partial charge in [0.15, 0.2) is 0 Å². The van der Waals surface area contributed by atoms with E-state index in [0.717, 1.165) is 24.8 Å². The van der Waals surface area contributed by atoms with E-state index in [-0.39, 0.29) is 0 Å². The third-order valence-electron chi connectivity index (χ3n) is 4.24. The highest BCUT2D eigenvalue weighted by atomic mass is 16.1. The molecule has 24 heavy (non-hydrogen) atoms. The second kappa shape index (κ2) is 13.4. The zero-order valence-corrected chi connectivity index (χ0v) is 14.7. The van der Waals surface area contributed by atoms with Crippen LogP contribution in [0.15, 0.2) is 28.2 Å². The van der Waals surface area contributed by atoms with Crippen molar-refractivity contribution in [2.24, 2.45) is 9.98 Å². The van der Waals surface area contributed by atoms with Gasteiger partial charge in [-0.3, -0.25) is 0 Å². The Kier molecular flexibility index (Phi) is 11.2. The van der Waals surface area contributed by atoms with Gasteiger partial charge in [-0.1, -0.05) is 70.8 Å². The van der Waals surface area contributed by atoms with E-state index >= 15 is 0 Å². The second-order valence-corrected chi connectivity index (χ2v) is 6.11. The van der Waals surface area contributed by atoms with Crippen LogP contribution in [-0.4, -0.2) is 12.2 Å². The molecule has 0 saturated carbocycles. The monoisotopic (exact) mass is 328 g/mol. The Hall–Kier alpha value is -2.02. The molecule has 0 aliphatic rings. The number of nitrogens with zero attached hydrogens (tertiary/aromatic N) is 2. The summed E-state index contributed by atoms with van der Waals surface area (Å²) in [4.78, 5) is 28.5. The van der Waals surface area contributed by atoms with E-state index in [1.165, 1.54) is 51.4 Å². The topological polar surface area (TPSA) is 58.9 Å². The zero-order chi connectivity index (χ0) is 17.5. The highest BCUT2D eigenvalue weighted by Crippen LogP contribution is 2.30. The summed E-state index contributed by atoms with van der Waals surface area (Å²) in [7, 11) is 0. The highest BCUT2D eigenvalue weighted by molar-refractivity contribution is 5.65. The quantitative estimate of drug-likeness (QED) is 0.250. The molecule has 0 bridgehead atoms. The summed E-state index contributed by atoms with van der Waals surface area (Å²) in [5.41, 5.74) is 1.94. The second-order valence-electron chi connectivity index (χ2n) is 6.11. The summed E-state index contributed by atoms with van der Waals surface area (Å²) in [6, 6.07) is 5.23. The highest BCUT2D eigenvalue weighted by Gasteiger charge is 2.07. The van der Waals surface area contributed by atoms with Crippen molar-refractivity contribution in [3.8, 4) is 0 Å². The van der Waals surface area contributed by atoms with E-state index in [4.69, 9.17) is 0 Å². The number of isocyanates is 2. The van der Waals surface area contributed by atoms with Gasteiger partial charge in [0.2, 0.25) is 12.2 Å². The molecule has 0 saturated heterocycles. The summed E-state index contributed by atoms with van der Waals surface area (Å²) in [6.45, 7) is 2.24. The Balaban J connectivity index is 2.34. The van der Waals surface area contributed by atoms with Gasteiger partial charge >= 0.3 is 0 Å². The van der Waals surface area contributed by atoms with Gasteiger partial charge in [0.25, 0.3) is 0 Å². The van der Waals surface area contributed by atoms with Crippen molar-refractivity contribution in [1.29, 1.82) is 0 Å². The van der Waals surface area contributed by atoms with Gasteiger partial charge in [-0.05, 0) is 25.0 Å². The molecule has 1 aromatic rings. The zero-order valence-electron chi connectivity index (χ0n) is 14.7. The van der Waals surface area contributed by atoms with Crippen molar-refractivity contribution < 1.29 is 9.59 Å². The van der Waals surface area contributed by atoms with Gasteiger partial charge in [0.1, 0.15) is 0 Å². The van der Waals surface area contributed by atoms with E-state index < -0.39 is 0 Å². The van der Waals surface area contributed by atoms with Gasteiger partial charge in [0.05, 0.1) is 11.4 Å². The van der Waals surface area contributed by atoms with Gasteiger partial charge in [-0.15, -0.1) is 0 Å². The van der Waals surface area contributed by atoms with Crippen LogP contribution in [0.1, 0.15) is 76.7 Å². The van der Waals surface area contributed by atoms with Gasteiger partial charge in [-0.2, -0.15) is 9.98 Å². The lowest BCUT2D eigenvalue weighted by atomic mass is 10.0. The fourth-order valence-corrected chi connectivity index (χ4v) is 2.92. The number of hydrogen-bond donors (Lipinski definition) is 0. The lowest BCUT2D eigenvalue weighted by Crippen LogP contribution is -1.89. The number of aliphatic imine (C=N–C) groups is 2. The normalized spacial score (nSPS) is 10.0. The molecular weight excluding hydrogens is 300 g/mol. The molecule has 0 aliphatic heterocycles. The minimum Gasteiger partial charge on any atom is -0.211 e. The summed E-state index contributed by atoms with van der Waals surface area (Å²) < 4.78 is 0. The van der Waals surface area contributed by atoms with Crippen molar-refractivity contribution in [2.75, 3.05) is 0 Å². The van der Waals surface area contributed by atoms with Crippen LogP contribution in [0, 0.1) is 0 Å². The molecule has 0 amide bonds. The SMILES string of the molecule is CCCCCCCCCCCCc1c(N=C=O)cccc1N=C=O. The number of benzene rings is 1. The molecule has 0 N–H and O–H groups in total. The number of unbranched alkanes of at least 4 members (excludes halogenated alkanes) is 9. The fraction of sp³-hybridized carbons (Fsp3) is 0.600. The van der Waals surface area contributed by atoms with Crippen LogP contribution < -0.4 is 0 Å². The molecule has 4 heteroatoms. The summed E-state index contributed by atoms with van der Waals surface area (Å²) >= 11 is 0. The number of carbonyl (C=O) groups excluding carboxylic acids is 2. The molecule has 4 nitrogen and oxygen atoms in total. The molecule has 130 valence electrons. The largest absolute Gasteiger partial charge is 0.240 e. The Morgan fingerprint density at radius 1 is 0.750 bits per heavy atom. The lowest BCUT2D eigenvalue weighted by molar-refractivity contribution is 0.556. The molecule has 0 radical (unpaired) electrons. The Morgan fingerprint density at radius 3 is 1.67 bits per heavy atom. The Morgan fingerprint density at radius 2 is 1.21 bits per heavy atom. The van der Waals surface area contributed by atoms with Crippen molar-refractivity contribution in [3.63, 3.8) is 0 Å². The molecule has 0 heterocycles. The van der Waals surface area contributed by atoms with Crippen LogP contribution in [0.3, 0.4) is 0 Å². The molecule has 0 atom stereocenters. The van der Waals surface area contributed by atoms with Crippen molar-refractivity contribution >= 4 is 23.5 Å². The molecule has 0 aliphatic carbocycles. The van der Waals surface area contributed by atoms with Gasteiger partial charge in [-0.25, -0.2) is 9.59 Å². The smallest absolute Gasteiger partial charge is 0.211 e. The van der Waals surface area contributed by atoms with Crippen LogP contribution in [-0.2, 0) is 16.0 Å². The first-order valence-corrected chi connectivity index (χ1v) is 9.11. The minimum atomic E-state index is 0.553. The summed E-state index contributed by atoms with van der Waals surface area (Å²) in [6.07, 6.45) is 16.6. The molecule has 0 aromatic heterocycles. The molecule has 0 unspecified atom stereocenters. The van der Waals surface area contributed by atoms with E-state index in [2.05, 4.69) is 16.9 Å². The fourth-order valence-electron chi connectivity index (χ4n) is 2.92. The predicted octanol–water partition coefficient (Wildman–Crippen LogP) is 6.08. The summed E-state index contributed by atoms with van der Waals surface area (Å²) in [5.74, 6) is 0. The average molecular weight is 328 g/mol. The lowest BCUT2D eigenvalue weighted by Gasteiger charge is -2.07. The maximum Gasteiger partial charge on any atom is 0.240 e. The van der Waals surface area contributed by atoms with E-state index in [1.54, 1.807) is 30.4 Å². The first-order valence-electron chi connectivity index (χ1n) is 9.11. The molecule has 0 fully saturated rings. The van der Waals surface area contributed by atoms with E-state index in [9.17, 15) is 9.59 Å². The van der Waals surface area contributed by atoms with Crippen molar-refractivity contribution in [3.05, 3.63) is 23.8 Å². The van der Waals surface area contributed by atoms with E-state index in [1.807, 2.05) is 0 Å². The number of hydrogen-bond acceptors (Lipinski definition) is 4. The molecule has 0 spiro atoms. The third kappa shape index (κ3) is 8.01.